The quantitative estimate of drug-likeness (QED) is 0.760. The van der Waals surface area contributed by atoms with Crippen molar-refractivity contribution in [1.82, 2.24) is 4.98 Å². The zero-order chi connectivity index (χ0) is 14.1. The number of nitrogens with two attached hydrogens (primary N) is 1. The summed E-state index contributed by atoms with van der Waals surface area (Å²) < 4.78 is 0. The maximum atomic E-state index is 6.47. The molecule has 0 fully saturated rings. The van der Waals surface area contributed by atoms with Gasteiger partial charge in [0.25, 0.3) is 0 Å². The lowest BCUT2D eigenvalue weighted by Crippen LogP contribution is -2.15. The molecular formula is C18H18N2. The van der Waals surface area contributed by atoms with Gasteiger partial charge in [-0.3, -0.25) is 4.98 Å². The average Bonchev–Trinajstić information content (AvgIpc) is 2.46. The Kier molecular flexibility index (Phi) is 3.25. The van der Waals surface area contributed by atoms with E-state index in [1.54, 1.807) is 0 Å². The van der Waals surface area contributed by atoms with Gasteiger partial charge in [-0.25, -0.2) is 0 Å². The van der Waals surface area contributed by atoms with Crippen LogP contribution in [-0.2, 0) is 0 Å². The first-order valence-corrected chi connectivity index (χ1v) is 6.83. The number of rotatable bonds is 2. The molecule has 0 aliphatic carbocycles. The van der Waals surface area contributed by atoms with Crippen molar-refractivity contribution >= 4 is 10.8 Å². The van der Waals surface area contributed by atoms with E-state index in [1.807, 2.05) is 25.3 Å². The van der Waals surface area contributed by atoms with Crippen LogP contribution in [-0.4, -0.2) is 4.98 Å². The third-order valence-corrected chi connectivity index (χ3v) is 3.71. The molecule has 0 amide bonds. The highest BCUT2D eigenvalue weighted by molar-refractivity contribution is 5.86. The summed E-state index contributed by atoms with van der Waals surface area (Å²) in [6.07, 6.45) is 1.88. The van der Waals surface area contributed by atoms with Gasteiger partial charge in [-0.05, 0) is 41.3 Å². The lowest BCUT2D eigenvalue weighted by atomic mass is 9.95. The second-order valence-electron chi connectivity index (χ2n) is 5.26. The molecule has 0 bridgehead atoms. The molecule has 1 heterocycles. The van der Waals surface area contributed by atoms with Crippen LogP contribution in [0.3, 0.4) is 0 Å². The summed E-state index contributed by atoms with van der Waals surface area (Å²) in [6, 6.07) is 16.5. The van der Waals surface area contributed by atoms with Crippen LogP contribution in [0.15, 0.2) is 54.7 Å². The Labute approximate surface area is 119 Å². The van der Waals surface area contributed by atoms with Gasteiger partial charge in [-0.15, -0.1) is 0 Å². The van der Waals surface area contributed by atoms with E-state index in [4.69, 9.17) is 5.73 Å². The molecule has 0 aliphatic heterocycles. The number of fused-ring (bicyclic) bond motifs is 1. The van der Waals surface area contributed by atoms with E-state index in [2.05, 4.69) is 48.3 Å². The van der Waals surface area contributed by atoms with E-state index >= 15 is 0 Å². The average molecular weight is 262 g/mol. The monoisotopic (exact) mass is 262 g/mol. The zero-order valence-corrected chi connectivity index (χ0v) is 11.8. The molecule has 0 saturated heterocycles. The van der Waals surface area contributed by atoms with Gasteiger partial charge < -0.3 is 5.73 Å². The van der Waals surface area contributed by atoms with E-state index in [0.717, 1.165) is 22.4 Å². The number of aromatic nitrogens is 1. The summed E-state index contributed by atoms with van der Waals surface area (Å²) in [5.41, 5.74) is 10.9. The fourth-order valence-corrected chi connectivity index (χ4v) is 2.72. The molecule has 1 atom stereocenters. The summed E-state index contributed by atoms with van der Waals surface area (Å²) in [5, 5.41) is 2.41. The number of hydrogen-bond donors (Lipinski definition) is 1. The number of benzene rings is 2. The lowest BCUT2D eigenvalue weighted by Gasteiger charge is -2.16. The Morgan fingerprint density at radius 1 is 1.00 bits per heavy atom. The summed E-state index contributed by atoms with van der Waals surface area (Å²) in [7, 11) is 0. The van der Waals surface area contributed by atoms with Crippen LogP contribution in [0.5, 0.6) is 0 Å². The zero-order valence-electron chi connectivity index (χ0n) is 11.8. The summed E-state index contributed by atoms with van der Waals surface area (Å²) in [4.78, 5) is 4.54. The van der Waals surface area contributed by atoms with Crippen molar-refractivity contribution < 1.29 is 0 Å². The molecule has 3 rings (SSSR count). The molecule has 2 nitrogen and oxygen atoms in total. The van der Waals surface area contributed by atoms with Gasteiger partial charge in [-0.1, -0.05) is 48.5 Å². The number of hydrogen-bond acceptors (Lipinski definition) is 2. The van der Waals surface area contributed by atoms with E-state index in [1.165, 1.54) is 10.8 Å². The molecule has 3 aromatic rings. The van der Waals surface area contributed by atoms with Crippen LogP contribution in [0, 0.1) is 13.8 Å². The second kappa shape index (κ2) is 5.06. The Morgan fingerprint density at radius 2 is 1.75 bits per heavy atom. The number of nitrogens with zero attached hydrogens (tertiary/aromatic N) is 1. The van der Waals surface area contributed by atoms with Crippen molar-refractivity contribution in [1.29, 1.82) is 0 Å². The fourth-order valence-electron chi connectivity index (χ4n) is 2.72. The van der Waals surface area contributed by atoms with Gasteiger partial charge in [0.2, 0.25) is 0 Å². The molecule has 100 valence electrons. The van der Waals surface area contributed by atoms with Crippen LogP contribution in [0.4, 0.5) is 0 Å². The maximum absolute atomic E-state index is 6.47. The highest BCUT2D eigenvalue weighted by Crippen LogP contribution is 2.27. The molecule has 2 N–H and O–H groups in total. The largest absolute Gasteiger partial charge is 0.319 e. The molecular weight excluding hydrogens is 244 g/mol. The smallest absolute Gasteiger partial charge is 0.0735 e. The van der Waals surface area contributed by atoms with Gasteiger partial charge >= 0.3 is 0 Å². The first-order chi connectivity index (χ1) is 9.66. The van der Waals surface area contributed by atoms with Crippen molar-refractivity contribution in [3.8, 4) is 0 Å². The van der Waals surface area contributed by atoms with Gasteiger partial charge in [-0.2, -0.15) is 0 Å². The van der Waals surface area contributed by atoms with Crippen LogP contribution in [0.1, 0.15) is 28.4 Å². The SMILES string of the molecule is Cc1cnc(C(N)c2cccc3ccccc23)c(C)c1. The van der Waals surface area contributed by atoms with Crippen molar-refractivity contribution in [2.24, 2.45) is 5.73 Å². The molecule has 0 radical (unpaired) electrons. The molecule has 0 saturated carbocycles. The first kappa shape index (κ1) is 12.8. The van der Waals surface area contributed by atoms with E-state index in [9.17, 15) is 0 Å². The van der Waals surface area contributed by atoms with E-state index in [-0.39, 0.29) is 6.04 Å². The topological polar surface area (TPSA) is 38.9 Å². The van der Waals surface area contributed by atoms with Crippen molar-refractivity contribution in [2.45, 2.75) is 19.9 Å². The van der Waals surface area contributed by atoms with Crippen molar-refractivity contribution in [3.05, 3.63) is 77.1 Å². The van der Waals surface area contributed by atoms with Gasteiger partial charge in [0.15, 0.2) is 0 Å². The third-order valence-electron chi connectivity index (χ3n) is 3.71. The highest BCUT2D eigenvalue weighted by Gasteiger charge is 2.15. The van der Waals surface area contributed by atoms with Gasteiger partial charge in [0.05, 0.1) is 11.7 Å². The summed E-state index contributed by atoms with van der Waals surface area (Å²) >= 11 is 0. The molecule has 2 aromatic carbocycles. The van der Waals surface area contributed by atoms with Gasteiger partial charge in [0, 0.05) is 6.20 Å². The molecule has 1 aromatic heterocycles. The van der Waals surface area contributed by atoms with E-state index < -0.39 is 0 Å². The molecule has 0 spiro atoms. The Bertz CT molecular complexity index is 757. The van der Waals surface area contributed by atoms with Crippen LogP contribution < -0.4 is 5.73 Å². The van der Waals surface area contributed by atoms with E-state index in [0.29, 0.717) is 0 Å². The Balaban J connectivity index is 2.15. The second-order valence-corrected chi connectivity index (χ2v) is 5.26. The Hall–Kier alpha value is -2.19. The minimum Gasteiger partial charge on any atom is -0.319 e. The number of aryl methyl sites for hydroxylation is 2. The Morgan fingerprint density at radius 3 is 2.55 bits per heavy atom. The fraction of sp³-hybridized carbons (Fsp3) is 0.167. The molecule has 0 aliphatic rings. The molecule has 2 heteroatoms. The normalized spacial score (nSPS) is 12.6. The predicted octanol–water partition coefficient (Wildman–Crippen LogP) is 3.90. The third kappa shape index (κ3) is 2.19. The van der Waals surface area contributed by atoms with Crippen LogP contribution >= 0.6 is 0 Å². The molecule has 20 heavy (non-hydrogen) atoms. The van der Waals surface area contributed by atoms with Crippen molar-refractivity contribution in [2.75, 3.05) is 0 Å². The maximum Gasteiger partial charge on any atom is 0.0735 e. The minimum absolute atomic E-state index is 0.193. The summed E-state index contributed by atoms with van der Waals surface area (Å²) in [6.45, 7) is 4.12. The lowest BCUT2D eigenvalue weighted by molar-refractivity contribution is 0.822. The predicted molar refractivity (Wildman–Crippen MR) is 83.7 cm³/mol. The number of pyridine rings is 1. The standard InChI is InChI=1S/C18H18N2/c1-12-10-13(2)18(20-11-12)17(19)16-9-5-7-14-6-3-4-8-15(14)16/h3-11,17H,19H2,1-2H3. The highest BCUT2D eigenvalue weighted by atomic mass is 14.8. The van der Waals surface area contributed by atoms with Crippen molar-refractivity contribution in [3.63, 3.8) is 0 Å². The summed E-state index contributed by atoms with van der Waals surface area (Å²) in [5.74, 6) is 0. The minimum atomic E-state index is -0.193. The first-order valence-electron chi connectivity index (χ1n) is 6.83. The van der Waals surface area contributed by atoms with Crippen LogP contribution in [0.25, 0.3) is 10.8 Å². The van der Waals surface area contributed by atoms with Gasteiger partial charge in [0.1, 0.15) is 0 Å². The van der Waals surface area contributed by atoms with Crippen LogP contribution in [0.2, 0.25) is 0 Å². The molecule has 1 unspecified atom stereocenters.